The fraction of sp³-hybridized carbons (Fsp3) is 0.400. The number of nitrogens with one attached hydrogen (secondary N) is 1. The van der Waals surface area contributed by atoms with Crippen LogP contribution in [-0.2, 0) is 14.8 Å². The van der Waals surface area contributed by atoms with E-state index in [9.17, 15) is 13.2 Å². The molecule has 0 fully saturated rings. The average molecular weight is 451 g/mol. The first-order valence-electron chi connectivity index (χ1n) is 7.77. The van der Waals surface area contributed by atoms with Gasteiger partial charge in [0.05, 0.1) is 19.1 Å². The summed E-state index contributed by atoms with van der Waals surface area (Å²) in [4.78, 5) is 12.7. The van der Waals surface area contributed by atoms with Crippen LogP contribution < -0.4 is 14.4 Å². The van der Waals surface area contributed by atoms with E-state index in [1.54, 1.807) is 12.1 Å². The molecule has 2 aromatic rings. The van der Waals surface area contributed by atoms with Gasteiger partial charge in [0.25, 0.3) is 0 Å². The van der Waals surface area contributed by atoms with Gasteiger partial charge in [-0.2, -0.15) is 0 Å². The number of carbonyl (C=O) groups excluding carboxylic acids is 1. The summed E-state index contributed by atoms with van der Waals surface area (Å²) in [6, 6.07) is 3.48. The molecule has 0 spiro atoms. The van der Waals surface area contributed by atoms with Gasteiger partial charge in [-0.15, -0.1) is 10.2 Å². The Labute approximate surface area is 171 Å². The second-order valence-corrected chi connectivity index (χ2v) is 10.1. The molecule has 1 aromatic heterocycles. The van der Waals surface area contributed by atoms with E-state index in [-0.39, 0.29) is 11.4 Å². The van der Waals surface area contributed by atoms with Crippen molar-refractivity contribution in [1.82, 2.24) is 10.2 Å². The number of sulfonamides is 1. The SMILES string of the molecule is CCSc1nnc(NC(=O)C(C)N(c2cc(Cl)ccc2OC)S(C)(=O)=O)s1. The number of nitrogens with zero attached hydrogens (tertiary/aromatic N) is 3. The Balaban J connectivity index is 2.33. The number of thioether (sulfide) groups is 1. The lowest BCUT2D eigenvalue weighted by molar-refractivity contribution is -0.116. The van der Waals surface area contributed by atoms with E-state index in [4.69, 9.17) is 16.3 Å². The number of carbonyl (C=O) groups is 1. The first kappa shape index (κ1) is 21.7. The molecule has 1 aromatic carbocycles. The zero-order chi connectivity index (χ0) is 20.2. The van der Waals surface area contributed by atoms with Crippen LogP contribution in [0.1, 0.15) is 13.8 Å². The summed E-state index contributed by atoms with van der Waals surface area (Å²) in [5, 5.41) is 11.1. The Bertz CT molecular complexity index is 920. The normalized spacial score (nSPS) is 12.5. The molecule has 1 heterocycles. The molecule has 1 unspecified atom stereocenters. The highest BCUT2D eigenvalue weighted by Crippen LogP contribution is 2.34. The lowest BCUT2D eigenvalue weighted by atomic mass is 10.2. The molecule has 0 saturated heterocycles. The Morgan fingerprint density at radius 1 is 1.44 bits per heavy atom. The van der Waals surface area contributed by atoms with Crippen LogP contribution in [0.2, 0.25) is 5.02 Å². The summed E-state index contributed by atoms with van der Waals surface area (Å²) < 4.78 is 31.8. The highest BCUT2D eigenvalue weighted by molar-refractivity contribution is 8.01. The van der Waals surface area contributed by atoms with Gasteiger partial charge in [-0.25, -0.2) is 8.42 Å². The number of benzene rings is 1. The van der Waals surface area contributed by atoms with Crippen LogP contribution in [0.5, 0.6) is 5.75 Å². The quantitative estimate of drug-likeness (QED) is 0.487. The average Bonchev–Trinajstić information content (AvgIpc) is 3.01. The highest BCUT2D eigenvalue weighted by atomic mass is 35.5. The summed E-state index contributed by atoms with van der Waals surface area (Å²) >= 11 is 8.74. The lowest BCUT2D eigenvalue weighted by Gasteiger charge is -2.29. The van der Waals surface area contributed by atoms with Crippen LogP contribution in [0.3, 0.4) is 0 Å². The van der Waals surface area contributed by atoms with Crippen molar-refractivity contribution < 1.29 is 17.9 Å². The number of amides is 1. The zero-order valence-electron chi connectivity index (χ0n) is 15.1. The first-order valence-corrected chi connectivity index (χ1v) is 11.8. The lowest BCUT2D eigenvalue weighted by Crippen LogP contribution is -2.45. The molecule has 0 radical (unpaired) electrons. The van der Waals surface area contributed by atoms with Gasteiger partial charge in [0.1, 0.15) is 11.8 Å². The first-order chi connectivity index (χ1) is 12.7. The smallest absolute Gasteiger partial charge is 0.249 e. The third kappa shape index (κ3) is 5.47. The second-order valence-electron chi connectivity index (χ2n) is 5.35. The molecular formula is C15H19ClN4O4S3. The number of hydrogen-bond donors (Lipinski definition) is 1. The molecule has 12 heteroatoms. The van der Waals surface area contributed by atoms with Crippen molar-refractivity contribution in [2.24, 2.45) is 0 Å². The van der Waals surface area contributed by atoms with E-state index >= 15 is 0 Å². The minimum atomic E-state index is -3.81. The number of halogens is 1. The number of anilines is 2. The molecule has 0 saturated carbocycles. The predicted octanol–water partition coefficient (Wildman–Crippen LogP) is 3.11. The molecule has 0 aliphatic rings. The Morgan fingerprint density at radius 2 is 2.15 bits per heavy atom. The molecular weight excluding hydrogens is 432 g/mol. The van der Waals surface area contributed by atoms with Crippen molar-refractivity contribution in [2.75, 3.05) is 28.7 Å². The van der Waals surface area contributed by atoms with Crippen molar-refractivity contribution in [1.29, 1.82) is 0 Å². The molecule has 1 N–H and O–H groups in total. The molecule has 0 aliphatic carbocycles. The standard InChI is InChI=1S/C15H19ClN4O4S3/c1-5-25-15-19-18-14(26-15)17-13(21)9(2)20(27(4,22)23)11-8-10(16)6-7-12(11)24-3/h6-9H,5H2,1-4H3,(H,17,18,21). The minimum absolute atomic E-state index is 0.176. The van der Waals surface area contributed by atoms with Crippen molar-refractivity contribution >= 4 is 61.4 Å². The van der Waals surface area contributed by atoms with Crippen molar-refractivity contribution in [3.8, 4) is 5.75 Å². The molecule has 1 amide bonds. The van der Waals surface area contributed by atoms with Gasteiger partial charge in [-0.05, 0) is 30.9 Å². The van der Waals surface area contributed by atoms with E-state index in [1.807, 2.05) is 6.92 Å². The monoisotopic (exact) mass is 450 g/mol. The number of methoxy groups -OCH3 is 1. The highest BCUT2D eigenvalue weighted by Gasteiger charge is 2.32. The summed E-state index contributed by atoms with van der Waals surface area (Å²) in [7, 11) is -2.40. The molecule has 0 bridgehead atoms. The van der Waals surface area contributed by atoms with E-state index in [0.29, 0.717) is 10.2 Å². The minimum Gasteiger partial charge on any atom is -0.495 e. The van der Waals surface area contributed by atoms with Gasteiger partial charge in [-0.3, -0.25) is 14.4 Å². The molecule has 148 valence electrons. The topological polar surface area (TPSA) is 101 Å². The number of ether oxygens (including phenoxy) is 1. The van der Waals surface area contributed by atoms with Crippen molar-refractivity contribution in [3.05, 3.63) is 23.2 Å². The van der Waals surface area contributed by atoms with Crippen LogP contribution in [0.4, 0.5) is 10.8 Å². The molecule has 0 aliphatic heterocycles. The van der Waals surface area contributed by atoms with Crippen LogP contribution in [-0.4, -0.2) is 49.7 Å². The maximum absolute atomic E-state index is 12.7. The fourth-order valence-electron chi connectivity index (χ4n) is 2.27. The number of aromatic nitrogens is 2. The van der Waals surface area contributed by atoms with E-state index in [2.05, 4.69) is 15.5 Å². The Kier molecular flexibility index (Phi) is 7.32. The summed E-state index contributed by atoms with van der Waals surface area (Å²) in [6.07, 6.45) is 1.01. The fourth-order valence-corrected chi connectivity index (χ4v) is 5.26. The summed E-state index contributed by atoms with van der Waals surface area (Å²) in [5.41, 5.74) is 0.176. The molecule has 27 heavy (non-hydrogen) atoms. The van der Waals surface area contributed by atoms with E-state index < -0.39 is 22.0 Å². The molecule has 1 atom stereocenters. The van der Waals surface area contributed by atoms with Crippen molar-refractivity contribution in [2.45, 2.75) is 24.2 Å². The van der Waals surface area contributed by atoms with Gasteiger partial charge >= 0.3 is 0 Å². The van der Waals surface area contributed by atoms with Gasteiger partial charge < -0.3 is 4.74 Å². The van der Waals surface area contributed by atoms with Gasteiger partial charge in [0.15, 0.2) is 4.34 Å². The Hall–Kier alpha value is -1.56. The molecule has 2 rings (SSSR count). The summed E-state index contributed by atoms with van der Waals surface area (Å²) in [6.45, 7) is 3.45. The molecule has 8 nitrogen and oxygen atoms in total. The predicted molar refractivity (Wildman–Crippen MR) is 110 cm³/mol. The van der Waals surface area contributed by atoms with Gasteiger partial charge in [0, 0.05) is 5.02 Å². The van der Waals surface area contributed by atoms with Crippen LogP contribution >= 0.6 is 34.7 Å². The van der Waals surface area contributed by atoms with Crippen molar-refractivity contribution in [3.63, 3.8) is 0 Å². The largest absolute Gasteiger partial charge is 0.495 e. The van der Waals surface area contributed by atoms with Gasteiger partial charge in [-0.1, -0.05) is 41.6 Å². The number of hydrogen-bond acceptors (Lipinski definition) is 8. The Morgan fingerprint density at radius 3 is 2.74 bits per heavy atom. The van der Waals surface area contributed by atoms with Crippen LogP contribution in [0.15, 0.2) is 22.5 Å². The van der Waals surface area contributed by atoms with Crippen LogP contribution in [0, 0.1) is 0 Å². The third-order valence-electron chi connectivity index (χ3n) is 3.37. The maximum atomic E-state index is 12.7. The van der Waals surface area contributed by atoms with Crippen LogP contribution in [0.25, 0.3) is 0 Å². The van der Waals surface area contributed by atoms with E-state index in [1.165, 1.54) is 43.2 Å². The van der Waals surface area contributed by atoms with E-state index in [0.717, 1.165) is 20.7 Å². The second kappa shape index (κ2) is 9.09. The zero-order valence-corrected chi connectivity index (χ0v) is 18.3. The summed E-state index contributed by atoms with van der Waals surface area (Å²) in [5.74, 6) is 0.559. The van der Waals surface area contributed by atoms with Gasteiger partial charge in [0.2, 0.25) is 21.1 Å². The maximum Gasteiger partial charge on any atom is 0.249 e. The third-order valence-corrected chi connectivity index (χ3v) is 6.69. The number of rotatable bonds is 8.